The predicted octanol–water partition coefficient (Wildman–Crippen LogP) is 3.90. The highest BCUT2D eigenvalue weighted by Crippen LogP contribution is 2.35. The van der Waals surface area contributed by atoms with Crippen LogP contribution in [0.2, 0.25) is 0 Å². The van der Waals surface area contributed by atoms with Crippen LogP contribution in [0.25, 0.3) is 0 Å². The summed E-state index contributed by atoms with van der Waals surface area (Å²) >= 11 is 0. The lowest BCUT2D eigenvalue weighted by Gasteiger charge is -2.36. The number of aromatic nitrogens is 1. The normalized spacial score (nSPS) is 14.3. The topological polar surface area (TPSA) is 85.8 Å². The Morgan fingerprint density at radius 2 is 1.66 bits per heavy atom. The summed E-state index contributed by atoms with van der Waals surface area (Å²) in [6, 6.07) is 18.2. The van der Waals surface area contributed by atoms with E-state index in [4.69, 9.17) is 0 Å². The average Bonchev–Trinajstić information content (AvgIpc) is 2.93. The third-order valence-corrected chi connectivity index (χ3v) is 8.66. The van der Waals surface area contributed by atoms with Crippen LogP contribution in [0.1, 0.15) is 35.5 Å². The monoisotopic (exact) mass is 535 g/mol. The van der Waals surface area contributed by atoms with Crippen LogP contribution >= 0.6 is 0 Å². The number of hydrogen-bond acceptors (Lipinski definition) is 7. The summed E-state index contributed by atoms with van der Waals surface area (Å²) < 4.78 is 27.7. The maximum atomic E-state index is 13.8. The molecule has 1 aliphatic heterocycles. The van der Waals surface area contributed by atoms with Gasteiger partial charge in [-0.25, -0.2) is 8.42 Å². The summed E-state index contributed by atoms with van der Waals surface area (Å²) in [5.41, 5.74) is 3.16. The second kappa shape index (κ2) is 12.4. The van der Waals surface area contributed by atoms with E-state index < -0.39 is 9.84 Å². The van der Waals surface area contributed by atoms with Crippen LogP contribution in [-0.4, -0.2) is 75.4 Å². The number of nitrogens with zero attached hydrogens (tertiary/aromatic N) is 4. The van der Waals surface area contributed by atoms with Gasteiger partial charge >= 0.3 is 0 Å². The molecule has 0 radical (unpaired) electrons. The molecular weight excluding hydrogens is 498 g/mol. The van der Waals surface area contributed by atoms with Crippen LogP contribution in [0.3, 0.4) is 0 Å². The number of amides is 1. The molecule has 202 valence electrons. The Morgan fingerprint density at radius 3 is 2.29 bits per heavy atom. The molecule has 0 aliphatic carbocycles. The predicted molar refractivity (Wildman–Crippen MR) is 152 cm³/mol. The maximum Gasteiger partial charge on any atom is 0.255 e. The molecule has 4 rings (SSSR count). The Kier molecular flexibility index (Phi) is 9.01. The fourth-order valence-electron chi connectivity index (χ4n) is 4.69. The van der Waals surface area contributed by atoms with Crippen LogP contribution < -0.4 is 10.2 Å². The van der Waals surface area contributed by atoms with Gasteiger partial charge < -0.3 is 20.0 Å². The van der Waals surface area contributed by atoms with Gasteiger partial charge in [0.2, 0.25) is 0 Å². The Labute approximate surface area is 226 Å². The first kappa shape index (κ1) is 27.6. The molecule has 1 fully saturated rings. The molecule has 2 heterocycles. The van der Waals surface area contributed by atoms with Gasteiger partial charge in [-0.1, -0.05) is 36.4 Å². The van der Waals surface area contributed by atoms with E-state index in [0.717, 1.165) is 37.6 Å². The van der Waals surface area contributed by atoms with E-state index in [9.17, 15) is 13.2 Å². The zero-order valence-corrected chi connectivity index (χ0v) is 23.2. The Hall–Kier alpha value is -3.43. The molecular formula is C29H37N5O3S. The number of anilines is 2. The number of piperazine rings is 1. The van der Waals surface area contributed by atoms with Gasteiger partial charge in [0.25, 0.3) is 5.91 Å². The number of rotatable bonds is 10. The van der Waals surface area contributed by atoms with Crippen molar-refractivity contribution in [3.8, 4) is 0 Å². The van der Waals surface area contributed by atoms with E-state index in [1.165, 1.54) is 0 Å². The lowest BCUT2D eigenvalue weighted by Crippen LogP contribution is -2.45. The van der Waals surface area contributed by atoms with Gasteiger partial charge in [0.15, 0.2) is 9.84 Å². The number of pyridine rings is 1. The van der Waals surface area contributed by atoms with Gasteiger partial charge in [-0.15, -0.1) is 0 Å². The van der Waals surface area contributed by atoms with Gasteiger partial charge in [0, 0.05) is 45.5 Å². The minimum Gasteiger partial charge on any atom is -0.378 e. The van der Waals surface area contributed by atoms with E-state index in [0.29, 0.717) is 36.4 Å². The summed E-state index contributed by atoms with van der Waals surface area (Å²) in [7, 11) is -1.70. The first-order valence-electron chi connectivity index (χ1n) is 13.1. The number of hydrogen-bond donors (Lipinski definition) is 1. The zero-order chi connectivity index (χ0) is 27.1. The van der Waals surface area contributed by atoms with Crippen molar-refractivity contribution in [3.05, 3.63) is 83.7 Å². The van der Waals surface area contributed by atoms with E-state index in [2.05, 4.69) is 27.1 Å². The van der Waals surface area contributed by atoms with Crippen molar-refractivity contribution in [1.29, 1.82) is 0 Å². The van der Waals surface area contributed by atoms with Crippen molar-refractivity contribution in [1.82, 2.24) is 14.8 Å². The third kappa shape index (κ3) is 6.52. The highest BCUT2D eigenvalue weighted by atomic mass is 32.2. The van der Waals surface area contributed by atoms with Gasteiger partial charge in [-0.05, 0) is 50.7 Å². The van der Waals surface area contributed by atoms with Crippen LogP contribution in [0, 0.1) is 0 Å². The summed E-state index contributed by atoms with van der Waals surface area (Å²) in [6.45, 7) is 8.56. The molecule has 1 N–H and O–H groups in total. The Morgan fingerprint density at radius 1 is 0.974 bits per heavy atom. The maximum absolute atomic E-state index is 13.8. The van der Waals surface area contributed by atoms with Crippen LogP contribution in [-0.2, 0) is 22.1 Å². The van der Waals surface area contributed by atoms with Crippen LogP contribution in [0.4, 0.5) is 11.4 Å². The second-order valence-electron chi connectivity index (χ2n) is 9.55. The first-order valence-corrected chi connectivity index (χ1v) is 14.8. The van der Waals surface area contributed by atoms with E-state index in [1.807, 2.05) is 56.3 Å². The average molecular weight is 536 g/mol. The summed E-state index contributed by atoms with van der Waals surface area (Å²) in [4.78, 5) is 24.4. The molecule has 3 aromatic rings. The molecule has 1 aromatic heterocycles. The first-order chi connectivity index (χ1) is 18.3. The molecule has 1 aliphatic rings. The lowest BCUT2D eigenvalue weighted by atomic mass is 10.1. The minimum atomic E-state index is -3.78. The van der Waals surface area contributed by atoms with Crippen molar-refractivity contribution >= 4 is 27.1 Å². The number of likely N-dealkylation sites (N-methyl/N-ethyl adjacent to an activating group) is 1. The summed E-state index contributed by atoms with van der Waals surface area (Å²) in [5.74, 6) is -0.310. The van der Waals surface area contributed by atoms with Gasteiger partial charge in [-0.2, -0.15) is 0 Å². The molecule has 0 spiro atoms. The molecule has 0 saturated carbocycles. The largest absolute Gasteiger partial charge is 0.378 e. The van der Waals surface area contributed by atoms with Crippen molar-refractivity contribution in [2.45, 2.75) is 31.0 Å². The van der Waals surface area contributed by atoms with Crippen molar-refractivity contribution in [2.75, 3.05) is 56.5 Å². The Bertz CT molecular complexity index is 1320. The molecule has 8 nitrogen and oxygen atoms in total. The summed E-state index contributed by atoms with van der Waals surface area (Å²) in [6.07, 6.45) is 1.71. The zero-order valence-electron chi connectivity index (χ0n) is 22.4. The quantitative estimate of drug-likeness (QED) is 0.421. The number of carbonyl (C=O) groups excluding carboxylic acids is 1. The molecule has 9 heteroatoms. The molecule has 2 aromatic carbocycles. The van der Waals surface area contributed by atoms with Crippen LogP contribution in [0.5, 0.6) is 0 Å². The number of benzene rings is 2. The number of nitrogens with one attached hydrogen (secondary N) is 1. The highest BCUT2D eigenvalue weighted by molar-refractivity contribution is 7.90. The molecule has 1 saturated heterocycles. The molecule has 1 amide bonds. The Balaban J connectivity index is 1.83. The molecule has 0 bridgehead atoms. The minimum absolute atomic E-state index is 0.130. The van der Waals surface area contributed by atoms with E-state index in [1.54, 1.807) is 29.3 Å². The SMILES string of the molecule is CCN(CC)C(=O)c1cc(S(=O)(=O)Cc2ccccc2)c(NCc2ccccn2)cc1N1CCN(C)CC1. The third-order valence-electron chi connectivity index (χ3n) is 6.94. The van der Waals surface area contributed by atoms with E-state index >= 15 is 0 Å². The molecule has 0 atom stereocenters. The fraction of sp³-hybridized carbons (Fsp3) is 0.379. The number of sulfone groups is 1. The van der Waals surface area contributed by atoms with Crippen molar-refractivity contribution < 1.29 is 13.2 Å². The van der Waals surface area contributed by atoms with E-state index in [-0.39, 0.29) is 16.6 Å². The van der Waals surface area contributed by atoms with Gasteiger partial charge in [-0.3, -0.25) is 9.78 Å². The molecule has 0 unspecified atom stereocenters. The lowest BCUT2D eigenvalue weighted by molar-refractivity contribution is 0.0773. The fourth-order valence-corrected chi connectivity index (χ4v) is 6.24. The highest BCUT2D eigenvalue weighted by Gasteiger charge is 2.29. The smallest absolute Gasteiger partial charge is 0.255 e. The standard InChI is InChI=1S/C29H37N5O3S/c1-4-33(5-2)29(35)25-19-28(38(36,37)22-23-11-7-6-8-12-23)26(31-21-24-13-9-10-14-30-24)20-27(25)34-17-15-32(3)16-18-34/h6-14,19-20,31H,4-5,15-18,21-22H2,1-3H3. The van der Waals surface area contributed by atoms with Crippen LogP contribution in [0.15, 0.2) is 71.8 Å². The van der Waals surface area contributed by atoms with Gasteiger partial charge in [0.05, 0.1) is 39.8 Å². The van der Waals surface area contributed by atoms with Crippen molar-refractivity contribution in [2.24, 2.45) is 0 Å². The summed E-state index contributed by atoms with van der Waals surface area (Å²) in [5, 5.41) is 3.33. The second-order valence-corrected chi connectivity index (χ2v) is 11.5. The molecule has 38 heavy (non-hydrogen) atoms. The number of carbonyl (C=O) groups is 1. The van der Waals surface area contributed by atoms with Crippen molar-refractivity contribution in [3.63, 3.8) is 0 Å². The van der Waals surface area contributed by atoms with Gasteiger partial charge in [0.1, 0.15) is 0 Å².